The van der Waals surface area contributed by atoms with Gasteiger partial charge < -0.3 is 15.0 Å². The van der Waals surface area contributed by atoms with Crippen LogP contribution >= 0.6 is 11.3 Å². The maximum atomic E-state index is 6.71. The number of fused-ring (bicyclic) bond motifs is 8. The van der Waals surface area contributed by atoms with Crippen LogP contribution in [0.3, 0.4) is 0 Å². The van der Waals surface area contributed by atoms with Crippen molar-refractivity contribution in [2.75, 3.05) is 10.2 Å². The van der Waals surface area contributed by atoms with Gasteiger partial charge in [0.2, 0.25) is 0 Å². The molecule has 3 nitrogen and oxygen atoms in total. The number of hydrogen-bond acceptors (Lipinski definition) is 4. The molecule has 1 N–H and O–H groups in total. The maximum absolute atomic E-state index is 6.71. The molecule has 0 radical (unpaired) electrons. The Labute approximate surface area is 288 Å². The average molecular weight is 647 g/mol. The molecule has 1 atom stereocenters. The van der Waals surface area contributed by atoms with Gasteiger partial charge in [-0.25, -0.2) is 0 Å². The highest BCUT2D eigenvalue weighted by Crippen LogP contribution is 2.48. The van der Waals surface area contributed by atoms with Crippen molar-refractivity contribution in [3.8, 4) is 16.9 Å². The van der Waals surface area contributed by atoms with E-state index in [0.29, 0.717) is 0 Å². The minimum absolute atomic E-state index is 0.231. The van der Waals surface area contributed by atoms with Crippen LogP contribution in [0.2, 0.25) is 0 Å². The molecule has 0 fully saturated rings. The van der Waals surface area contributed by atoms with Gasteiger partial charge in [-0.1, -0.05) is 127 Å². The second-order valence-corrected chi connectivity index (χ2v) is 13.6. The van der Waals surface area contributed by atoms with E-state index in [9.17, 15) is 0 Å². The second-order valence-electron chi connectivity index (χ2n) is 12.6. The third kappa shape index (κ3) is 4.64. The maximum Gasteiger partial charge on any atom is 0.196 e. The van der Waals surface area contributed by atoms with E-state index < -0.39 is 0 Å². The highest BCUT2D eigenvalue weighted by atomic mass is 32.1. The van der Waals surface area contributed by atoms with Crippen LogP contribution < -0.4 is 15.0 Å². The van der Waals surface area contributed by atoms with Crippen LogP contribution in [-0.2, 0) is 0 Å². The topological polar surface area (TPSA) is 24.5 Å². The molecule has 0 amide bonds. The summed E-state index contributed by atoms with van der Waals surface area (Å²) < 4.78 is 9.27. The standard InChI is InChI=1S/C45H30N2OS/c1-3-10-29(11-4-1)30-20-24-34(25-21-30)47(40-16-9-15-37-36-14-7-8-17-41(36)49-44(37)40)35-26-22-31-18-19-32-23-27-39-43(42(32)38(31)28-35)48-45(46-39)33-12-5-2-6-13-33/h1-28,45-46H. The number of nitrogens with one attached hydrogen (secondary N) is 1. The summed E-state index contributed by atoms with van der Waals surface area (Å²) in [5.74, 6) is 0.902. The third-order valence-electron chi connectivity index (χ3n) is 9.68. The summed E-state index contributed by atoms with van der Waals surface area (Å²) in [6.07, 6.45) is -0.231. The summed E-state index contributed by atoms with van der Waals surface area (Å²) in [5.41, 5.74) is 7.90. The van der Waals surface area contributed by atoms with Crippen LogP contribution in [0.1, 0.15) is 11.8 Å². The molecular weight excluding hydrogens is 617 g/mol. The smallest absolute Gasteiger partial charge is 0.196 e. The Morgan fingerprint density at radius 2 is 1.20 bits per heavy atom. The number of nitrogens with zero attached hydrogens (tertiary/aromatic N) is 1. The molecule has 1 unspecified atom stereocenters. The average Bonchev–Trinajstić information content (AvgIpc) is 3.78. The quantitative estimate of drug-likeness (QED) is 0.188. The fraction of sp³-hybridized carbons (Fsp3) is 0.0222. The molecule has 1 aromatic heterocycles. The lowest BCUT2D eigenvalue weighted by Gasteiger charge is -2.27. The van der Waals surface area contributed by atoms with Crippen LogP contribution in [0.15, 0.2) is 170 Å². The van der Waals surface area contributed by atoms with E-state index in [1.165, 1.54) is 36.7 Å². The highest BCUT2D eigenvalue weighted by Gasteiger charge is 2.26. The SMILES string of the molecule is c1ccc(-c2ccc(N(c3ccc4ccc5ccc6c(c5c4c3)OC(c3ccccc3)N6)c3cccc4c3sc3ccccc34)cc2)cc1. The van der Waals surface area contributed by atoms with Crippen molar-refractivity contribution in [2.45, 2.75) is 6.23 Å². The molecule has 2 heterocycles. The van der Waals surface area contributed by atoms with E-state index >= 15 is 0 Å². The largest absolute Gasteiger partial charge is 0.464 e. The van der Waals surface area contributed by atoms with Gasteiger partial charge in [-0.15, -0.1) is 11.3 Å². The lowest BCUT2D eigenvalue weighted by Crippen LogP contribution is -2.10. The zero-order valence-electron chi connectivity index (χ0n) is 26.5. The first-order valence-electron chi connectivity index (χ1n) is 16.6. The Hall–Kier alpha value is -6.10. The van der Waals surface area contributed by atoms with Gasteiger partial charge in [0.05, 0.1) is 16.1 Å². The summed E-state index contributed by atoms with van der Waals surface area (Å²) in [6.45, 7) is 0. The first-order valence-corrected chi connectivity index (χ1v) is 17.4. The van der Waals surface area contributed by atoms with E-state index in [-0.39, 0.29) is 6.23 Å². The number of ether oxygens (including phenoxy) is 1. The lowest BCUT2D eigenvalue weighted by atomic mass is 9.99. The molecule has 0 saturated heterocycles. The zero-order chi connectivity index (χ0) is 32.3. The number of benzene rings is 8. The minimum atomic E-state index is -0.231. The first kappa shape index (κ1) is 28.0. The molecule has 10 rings (SSSR count). The van der Waals surface area contributed by atoms with Crippen molar-refractivity contribution in [1.82, 2.24) is 0 Å². The molecular formula is C45H30N2OS. The second kappa shape index (κ2) is 11.3. The van der Waals surface area contributed by atoms with E-state index in [1.54, 1.807) is 0 Å². The monoisotopic (exact) mass is 646 g/mol. The van der Waals surface area contributed by atoms with Gasteiger partial charge in [-0.05, 0) is 69.8 Å². The van der Waals surface area contributed by atoms with Gasteiger partial charge in [-0.2, -0.15) is 0 Å². The van der Waals surface area contributed by atoms with Crippen molar-refractivity contribution < 1.29 is 4.74 Å². The molecule has 0 saturated carbocycles. The normalized spacial score (nSPS) is 13.8. The summed E-state index contributed by atoms with van der Waals surface area (Å²) in [5, 5.41) is 10.8. The number of rotatable bonds is 5. The van der Waals surface area contributed by atoms with Crippen molar-refractivity contribution >= 4 is 75.8 Å². The van der Waals surface area contributed by atoms with Crippen molar-refractivity contribution in [3.63, 3.8) is 0 Å². The Kier molecular flexibility index (Phi) is 6.42. The molecule has 232 valence electrons. The van der Waals surface area contributed by atoms with Gasteiger partial charge >= 0.3 is 0 Å². The van der Waals surface area contributed by atoms with Crippen LogP contribution in [0, 0.1) is 0 Å². The van der Waals surface area contributed by atoms with Crippen LogP contribution in [0.5, 0.6) is 5.75 Å². The van der Waals surface area contributed by atoms with Gasteiger partial charge in [-0.3, -0.25) is 0 Å². The fourth-order valence-corrected chi connectivity index (χ4v) is 8.52. The van der Waals surface area contributed by atoms with Gasteiger partial charge in [0, 0.05) is 37.8 Å². The number of hydrogen-bond donors (Lipinski definition) is 1. The Morgan fingerprint density at radius 1 is 0.531 bits per heavy atom. The molecule has 9 aromatic rings. The Morgan fingerprint density at radius 3 is 2.06 bits per heavy atom. The number of anilines is 4. The summed E-state index contributed by atoms with van der Waals surface area (Å²) in [4.78, 5) is 2.42. The van der Waals surface area contributed by atoms with Crippen molar-refractivity contribution in [1.29, 1.82) is 0 Å². The molecule has 8 aromatic carbocycles. The Balaban J connectivity index is 1.18. The van der Waals surface area contributed by atoms with Crippen molar-refractivity contribution in [3.05, 3.63) is 175 Å². The van der Waals surface area contributed by atoms with Gasteiger partial charge in [0.15, 0.2) is 12.0 Å². The Bertz CT molecular complexity index is 2670. The summed E-state index contributed by atoms with van der Waals surface area (Å²) in [7, 11) is 0. The number of thiophene rings is 1. The predicted molar refractivity (Wildman–Crippen MR) is 208 cm³/mol. The first-order chi connectivity index (χ1) is 24.3. The predicted octanol–water partition coefficient (Wildman–Crippen LogP) is 13.0. The fourth-order valence-electron chi connectivity index (χ4n) is 7.31. The summed E-state index contributed by atoms with van der Waals surface area (Å²) in [6, 6.07) is 60.9. The van der Waals surface area contributed by atoms with Crippen LogP contribution in [-0.4, -0.2) is 0 Å². The molecule has 1 aliphatic rings. The van der Waals surface area contributed by atoms with Crippen molar-refractivity contribution in [2.24, 2.45) is 0 Å². The van der Waals surface area contributed by atoms with E-state index in [0.717, 1.165) is 50.2 Å². The van der Waals surface area contributed by atoms with Crippen LogP contribution in [0.25, 0.3) is 52.8 Å². The summed E-state index contributed by atoms with van der Waals surface area (Å²) >= 11 is 1.86. The molecule has 0 spiro atoms. The molecule has 0 bridgehead atoms. The molecule has 0 aliphatic carbocycles. The van der Waals surface area contributed by atoms with E-state index in [4.69, 9.17) is 4.74 Å². The van der Waals surface area contributed by atoms with Gasteiger partial charge in [0.25, 0.3) is 0 Å². The molecule has 49 heavy (non-hydrogen) atoms. The minimum Gasteiger partial charge on any atom is -0.464 e. The molecule has 1 aliphatic heterocycles. The van der Waals surface area contributed by atoms with Crippen LogP contribution in [0.4, 0.5) is 22.7 Å². The highest BCUT2D eigenvalue weighted by molar-refractivity contribution is 7.26. The van der Waals surface area contributed by atoms with Gasteiger partial charge in [0.1, 0.15) is 0 Å². The zero-order valence-corrected chi connectivity index (χ0v) is 27.3. The van der Waals surface area contributed by atoms with E-state index in [1.807, 2.05) is 17.4 Å². The lowest BCUT2D eigenvalue weighted by molar-refractivity contribution is 0.263. The molecule has 4 heteroatoms. The van der Waals surface area contributed by atoms with E-state index in [2.05, 4.69) is 174 Å². The third-order valence-corrected chi connectivity index (χ3v) is 10.9.